The van der Waals surface area contributed by atoms with E-state index in [-0.39, 0.29) is 0 Å². The van der Waals surface area contributed by atoms with Gasteiger partial charge in [-0.15, -0.1) is 5.10 Å². The topological polar surface area (TPSA) is 74.5 Å². The fourth-order valence-electron chi connectivity index (χ4n) is 1.69. The van der Waals surface area contributed by atoms with E-state index in [2.05, 4.69) is 31.0 Å². The lowest BCUT2D eigenvalue weighted by Gasteiger charge is -2.01. The van der Waals surface area contributed by atoms with Gasteiger partial charge in [0.1, 0.15) is 5.52 Å². The van der Waals surface area contributed by atoms with Gasteiger partial charge in [-0.1, -0.05) is 0 Å². The first-order valence-electron chi connectivity index (χ1n) is 4.94. The Morgan fingerprint density at radius 3 is 2.88 bits per heavy atom. The van der Waals surface area contributed by atoms with E-state index in [1.165, 1.54) is 0 Å². The molecule has 0 aliphatic carbocycles. The van der Waals surface area contributed by atoms with E-state index < -0.39 is 0 Å². The summed E-state index contributed by atoms with van der Waals surface area (Å²) in [6.07, 6.45) is 5.24. The molecular formula is C10H9BrN6. The Balaban J connectivity index is 2.30. The molecule has 0 radical (unpaired) electrons. The van der Waals surface area contributed by atoms with Gasteiger partial charge in [0.15, 0.2) is 11.6 Å². The number of rotatable bonds is 1. The number of hydrogen-bond donors (Lipinski definition) is 1. The third-order valence-electron chi connectivity index (χ3n) is 2.54. The van der Waals surface area contributed by atoms with Crippen LogP contribution in [0.5, 0.6) is 0 Å². The Labute approximate surface area is 105 Å². The molecule has 86 valence electrons. The van der Waals surface area contributed by atoms with Crippen LogP contribution in [0.1, 0.15) is 0 Å². The molecule has 0 saturated carbocycles. The Bertz CT molecular complexity index is 678. The smallest absolute Gasteiger partial charge is 0.181 e. The Morgan fingerprint density at radius 2 is 2.18 bits per heavy atom. The van der Waals surface area contributed by atoms with Crippen molar-refractivity contribution in [2.75, 3.05) is 5.73 Å². The van der Waals surface area contributed by atoms with Gasteiger partial charge >= 0.3 is 0 Å². The predicted octanol–water partition coefficient (Wildman–Crippen LogP) is 1.50. The molecule has 0 fully saturated rings. The Morgan fingerprint density at radius 1 is 1.35 bits per heavy atom. The molecule has 0 unspecified atom stereocenters. The summed E-state index contributed by atoms with van der Waals surface area (Å²) in [5, 5.41) is 4.18. The number of imidazole rings is 1. The third-order valence-corrected chi connectivity index (χ3v) is 3.15. The Hall–Kier alpha value is -1.89. The summed E-state index contributed by atoms with van der Waals surface area (Å²) in [6, 6.07) is 1.91. The van der Waals surface area contributed by atoms with Crippen LogP contribution in [-0.2, 0) is 7.05 Å². The molecule has 17 heavy (non-hydrogen) atoms. The van der Waals surface area contributed by atoms with E-state index in [0.29, 0.717) is 11.6 Å². The first-order valence-corrected chi connectivity index (χ1v) is 5.73. The number of nitrogen functional groups attached to an aromatic ring is 1. The highest BCUT2D eigenvalue weighted by Crippen LogP contribution is 2.22. The van der Waals surface area contributed by atoms with Crippen LogP contribution < -0.4 is 5.73 Å². The van der Waals surface area contributed by atoms with Crippen molar-refractivity contribution in [1.82, 2.24) is 24.3 Å². The number of pyridine rings is 1. The van der Waals surface area contributed by atoms with E-state index in [1.54, 1.807) is 23.4 Å². The quantitative estimate of drug-likeness (QED) is 0.737. The van der Waals surface area contributed by atoms with Crippen molar-refractivity contribution < 1.29 is 0 Å². The standard InChI is InChI=1S/C10H9BrN6/c1-16-5-14-8-7(16)2-3-13-10(8)17-4-6(11)9(12)15-17/h2-5H,1H3,(H2,12,15). The van der Waals surface area contributed by atoms with Crippen LogP contribution in [0.3, 0.4) is 0 Å². The number of halogens is 1. The molecule has 3 rings (SSSR count). The van der Waals surface area contributed by atoms with E-state index in [0.717, 1.165) is 15.5 Å². The number of nitrogens with zero attached hydrogens (tertiary/aromatic N) is 5. The van der Waals surface area contributed by atoms with Gasteiger partial charge in [-0.25, -0.2) is 14.6 Å². The van der Waals surface area contributed by atoms with Gasteiger partial charge in [-0.2, -0.15) is 0 Å². The molecule has 0 aliphatic heterocycles. The zero-order valence-electron chi connectivity index (χ0n) is 9.00. The average molecular weight is 293 g/mol. The van der Waals surface area contributed by atoms with Crippen molar-refractivity contribution in [2.45, 2.75) is 0 Å². The van der Waals surface area contributed by atoms with Gasteiger partial charge in [-0.05, 0) is 22.0 Å². The minimum atomic E-state index is 0.430. The van der Waals surface area contributed by atoms with Gasteiger partial charge in [0.25, 0.3) is 0 Å². The second-order valence-electron chi connectivity index (χ2n) is 3.66. The Kier molecular flexibility index (Phi) is 2.15. The second kappa shape index (κ2) is 3.56. The summed E-state index contributed by atoms with van der Waals surface area (Å²) < 4.78 is 4.30. The molecule has 0 saturated heterocycles. The highest BCUT2D eigenvalue weighted by Gasteiger charge is 2.11. The monoisotopic (exact) mass is 292 g/mol. The molecular weight excluding hydrogens is 284 g/mol. The van der Waals surface area contributed by atoms with Crippen LogP contribution >= 0.6 is 15.9 Å². The lowest BCUT2D eigenvalue weighted by Crippen LogP contribution is -2.00. The highest BCUT2D eigenvalue weighted by atomic mass is 79.9. The summed E-state index contributed by atoms with van der Waals surface area (Å²) in [7, 11) is 1.94. The average Bonchev–Trinajstić information content (AvgIpc) is 2.84. The summed E-state index contributed by atoms with van der Waals surface area (Å²) in [5.74, 6) is 1.10. The first kappa shape index (κ1) is 10.3. The molecule has 3 heterocycles. The molecule has 3 aromatic heterocycles. The largest absolute Gasteiger partial charge is 0.381 e. The van der Waals surface area contributed by atoms with Gasteiger partial charge in [0.2, 0.25) is 0 Å². The predicted molar refractivity (Wildman–Crippen MR) is 67.7 cm³/mol. The summed E-state index contributed by atoms with van der Waals surface area (Å²) >= 11 is 3.32. The van der Waals surface area contributed by atoms with Crippen LogP contribution in [0, 0.1) is 0 Å². The highest BCUT2D eigenvalue weighted by molar-refractivity contribution is 9.10. The fourth-order valence-corrected chi connectivity index (χ4v) is 1.96. The molecule has 0 aromatic carbocycles. The zero-order chi connectivity index (χ0) is 12.0. The number of fused-ring (bicyclic) bond motifs is 1. The molecule has 0 amide bonds. The van der Waals surface area contributed by atoms with Crippen molar-refractivity contribution in [3.05, 3.63) is 29.3 Å². The van der Waals surface area contributed by atoms with Crippen molar-refractivity contribution >= 4 is 32.8 Å². The molecule has 2 N–H and O–H groups in total. The van der Waals surface area contributed by atoms with E-state index >= 15 is 0 Å². The maximum atomic E-state index is 5.70. The third kappa shape index (κ3) is 1.50. The van der Waals surface area contributed by atoms with Gasteiger partial charge in [0, 0.05) is 19.4 Å². The maximum absolute atomic E-state index is 5.70. The number of aromatic nitrogens is 5. The second-order valence-corrected chi connectivity index (χ2v) is 4.52. The molecule has 0 atom stereocenters. The number of hydrogen-bond acceptors (Lipinski definition) is 4. The molecule has 0 spiro atoms. The molecule has 0 bridgehead atoms. The van der Waals surface area contributed by atoms with Crippen LogP contribution in [0.25, 0.3) is 16.9 Å². The van der Waals surface area contributed by atoms with Crippen LogP contribution in [0.4, 0.5) is 5.82 Å². The normalized spacial score (nSPS) is 11.2. The van der Waals surface area contributed by atoms with E-state index in [1.807, 2.05) is 17.7 Å². The zero-order valence-corrected chi connectivity index (χ0v) is 10.6. The first-order chi connectivity index (χ1) is 8.16. The van der Waals surface area contributed by atoms with Gasteiger partial charge in [0.05, 0.1) is 16.3 Å². The van der Waals surface area contributed by atoms with Crippen LogP contribution in [0.15, 0.2) is 29.3 Å². The number of nitrogens with two attached hydrogens (primary N) is 1. The summed E-state index contributed by atoms with van der Waals surface area (Å²) in [4.78, 5) is 8.61. The summed E-state index contributed by atoms with van der Waals surface area (Å²) in [6.45, 7) is 0. The van der Waals surface area contributed by atoms with Crippen LogP contribution in [-0.4, -0.2) is 24.3 Å². The molecule has 0 aliphatic rings. The molecule has 3 aromatic rings. The van der Waals surface area contributed by atoms with Crippen molar-refractivity contribution in [2.24, 2.45) is 7.05 Å². The van der Waals surface area contributed by atoms with Crippen LogP contribution in [0.2, 0.25) is 0 Å². The number of aryl methyl sites for hydroxylation is 1. The van der Waals surface area contributed by atoms with E-state index in [4.69, 9.17) is 5.73 Å². The maximum Gasteiger partial charge on any atom is 0.181 e. The minimum Gasteiger partial charge on any atom is -0.381 e. The van der Waals surface area contributed by atoms with E-state index in [9.17, 15) is 0 Å². The molecule has 7 heteroatoms. The van der Waals surface area contributed by atoms with Gasteiger partial charge in [-0.3, -0.25) is 0 Å². The van der Waals surface area contributed by atoms with Gasteiger partial charge < -0.3 is 10.3 Å². The molecule has 6 nitrogen and oxygen atoms in total. The SMILES string of the molecule is Cn1cnc2c(-n3cc(Br)c(N)n3)nccc21. The fraction of sp³-hybridized carbons (Fsp3) is 0.100. The summed E-state index contributed by atoms with van der Waals surface area (Å²) in [5.41, 5.74) is 7.49. The van der Waals surface area contributed by atoms with Crippen molar-refractivity contribution in [1.29, 1.82) is 0 Å². The lowest BCUT2D eigenvalue weighted by molar-refractivity contribution is 0.858. The lowest BCUT2D eigenvalue weighted by atomic mass is 10.4. The number of anilines is 1. The van der Waals surface area contributed by atoms with Crippen molar-refractivity contribution in [3.63, 3.8) is 0 Å². The van der Waals surface area contributed by atoms with Crippen molar-refractivity contribution in [3.8, 4) is 5.82 Å². The minimum absolute atomic E-state index is 0.430.